The van der Waals surface area contributed by atoms with Gasteiger partial charge >= 0.3 is 0 Å². The molecule has 3 heterocycles. The minimum Gasteiger partial charge on any atom is -0.480 e. The summed E-state index contributed by atoms with van der Waals surface area (Å²) in [6, 6.07) is 11.4. The second kappa shape index (κ2) is 14.9. The van der Waals surface area contributed by atoms with E-state index in [0.717, 1.165) is 6.42 Å². The van der Waals surface area contributed by atoms with Crippen molar-refractivity contribution < 1.29 is 19.4 Å². The van der Waals surface area contributed by atoms with Gasteiger partial charge in [-0.15, -0.1) is 0 Å². The Morgan fingerprint density at radius 1 is 0.889 bits per heavy atom. The predicted octanol–water partition coefficient (Wildman–Crippen LogP) is 4.43. The van der Waals surface area contributed by atoms with E-state index in [0.29, 0.717) is 99.4 Å². The summed E-state index contributed by atoms with van der Waals surface area (Å²) in [5, 5.41) is 19.8. The van der Waals surface area contributed by atoms with E-state index in [1.807, 2.05) is 36.4 Å². The lowest BCUT2D eigenvalue weighted by Gasteiger charge is -2.15. The van der Waals surface area contributed by atoms with Gasteiger partial charge in [-0.2, -0.15) is 0 Å². The number of ether oxygens (including phenoxy) is 2. The van der Waals surface area contributed by atoms with E-state index in [2.05, 4.69) is 30.9 Å². The number of benzene rings is 2. The number of aromatic nitrogens is 4. The van der Waals surface area contributed by atoms with Gasteiger partial charge in [0.15, 0.2) is 0 Å². The molecule has 4 aromatic rings. The topological polar surface area (TPSA) is 143 Å². The lowest BCUT2D eigenvalue weighted by Crippen LogP contribution is -2.35. The molecule has 1 fully saturated rings. The summed E-state index contributed by atoms with van der Waals surface area (Å²) in [6.45, 7) is 3.59. The van der Waals surface area contributed by atoms with Gasteiger partial charge in [0.25, 0.3) is 0 Å². The highest BCUT2D eigenvalue weighted by molar-refractivity contribution is 6.39. The first kappa shape index (κ1) is 32.5. The normalized spacial score (nSPS) is 15.2. The average Bonchev–Trinajstić information content (AvgIpc) is 3.46. The second-order valence-electron chi connectivity index (χ2n) is 10.7. The van der Waals surface area contributed by atoms with E-state index < -0.39 is 6.10 Å². The van der Waals surface area contributed by atoms with E-state index in [1.165, 1.54) is 7.11 Å². The van der Waals surface area contributed by atoms with Gasteiger partial charge in [-0.3, -0.25) is 14.8 Å². The third-order valence-corrected chi connectivity index (χ3v) is 8.16. The van der Waals surface area contributed by atoms with Crippen molar-refractivity contribution in [3.8, 4) is 45.4 Å². The Balaban J connectivity index is 1.39. The molecule has 0 saturated carbocycles. The zero-order valence-corrected chi connectivity index (χ0v) is 26.7. The molecule has 1 amide bonds. The highest BCUT2D eigenvalue weighted by Gasteiger charge is 2.21. The predicted molar refractivity (Wildman–Crippen MR) is 173 cm³/mol. The number of amides is 1. The van der Waals surface area contributed by atoms with Gasteiger partial charge in [0.1, 0.15) is 11.4 Å². The number of nitrogens with one attached hydrogen (secondary N) is 3. The Kier molecular flexibility index (Phi) is 10.8. The first-order chi connectivity index (χ1) is 21.8. The second-order valence-corrected chi connectivity index (χ2v) is 11.4. The maximum Gasteiger partial charge on any atom is 0.237 e. The van der Waals surface area contributed by atoms with Crippen molar-refractivity contribution in [1.29, 1.82) is 0 Å². The fraction of sp³-hybridized carbons (Fsp3) is 0.344. The molecule has 45 heavy (non-hydrogen) atoms. The van der Waals surface area contributed by atoms with E-state index in [1.54, 1.807) is 26.4 Å². The van der Waals surface area contributed by atoms with Crippen molar-refractivity contribution in [2.45, 2.75) is 45.0 Å². The number of aliphatic hydroxyl groups excluding tert-OH is 1. The number of methoxy groups -OCH3 is 2. The summed E-state index contributed by atoms with van der Waals surface area (Å²) in [5.41, 5.74) is 5.12. The van der Waals surface area contributed by atoms with Crippen molar-refractivity contribution in [1.82, 2.24) is 35.9 Å². The molecule has 1 aliphatic rings. The summed E-state index contributed by atoms with van der Waals surface area (Å²) in [4.78, 5) is 30.0. The zero-order chi connectivity index (χ0) is 31.9. The number of carbonyl (C=O) groups is 1. The number of carbonyl (C=O) groups excluding carboxylic acids is 1. The van der Waals surface area contributed by atoms with Crippen LogP contribution in [-0.2, 0) is 17.9 Å². The average molecular weight is 653 g/mol. The Labute approximate surface area is 271 Å². The maximum absolute atomic E-state index is 11.5. The Bertz CT molecular complexity index is 1670. The molecule has 0 spiro atoms. The lowest BCUT2D eigenvalue weighted by molar-refractivity contribution is -0.119. The minimum atomic E-state index is -0.482. The number of rotatable bonds is 13. The molecule has 4 N–H and O–H groups in total. The van der Waals surface area contributed by atoms with Crippen molar-refractivity contribution in [2.24, 2.45) is 0 Å². The first-order valence-corrected chi connectivity index (χ1v) is 15.3. The van der Waals surface area contributed by atoms with Gasteiger partial charge < -0.3 is 30.5 Å². The number of halogens is 2. The van der Waals surface area contributed by atoms with Gasteiger partial charge in [-0.1, -0.05) is 59.6 Å². The number of hydrogen-bond acceptors (Lipinski definition) is 10. The summed E-state index contributed by atoms with van der Waals surface area (Å²) in [6.07, 6.45) is 4.20. The molecule has 236 valence electrons. The molecule has 5 rings (SSSR count). The van der Waals surface area contributed by atoms with Gasteiger partial charge in [0.2, 0.25) is 17.7 Å². The van der Waals surface area contributed by atoms with Crippen LogP contribution in [0, 0.1) is 0 Å². The van der Waals surface area contributed by atoms with Gasteiger partial charge in [-0.25, -0.2) is 9.97 Å². The van der Waals surface area contributed by atoms with Crippen LogP contribution >= 0.6 is 23.2 Å². The van der Waals surface area contributed by atoms with E-state index in [-0.39, 0.29) is 11.9 Å². The van der Waals surface area contributed by atoms with Crippen LogP contribution < -0.4 is 25.4 Å². The van der Waals surface area contributed by atoms with Crippen molar-refractivity contribution in [2.75, 3.05) is 27.3 Å². The SMILES string of the molecule is COc1nc(-c2cccc(-c3cccc(-c4cnc(CNC[C@H](C)O)c(OC)n4)c3Cl)c2Cl)cnc1CNC[C@@H]1CCC(=O)N1. The molecular formula is C32H35Cl2N7O4. The third-order valence-electron chi connectivity index (χ3n) is 7.35. The summed E-state index contributed by atoms with van der Waals surface area (Å²) in [7, 11) is 3.08. The molecule has 13 heteroatoms. The van der Waals surface area contributed by atoms with Crippen molar-refractivity contribution in [3.05, 3.63) is 70.2 Å². The summed E-state index contributed by atoms with van der Waals surface area (Å²) < 4.78 is 11.1. The van der Waals surface area contributed by atoms with Gasteiger partial charge in [0.05, 0.1) is 54.2 Å². The van der Waals surface area contributed by atoms with E-state index in [4.69, 9.17) is 37.7 Å². The highest BCUT2D eigenvalue weighted by atomic mass is 35.5. The third kappa shape index (κ3) is 7.69. The molecule has 2 aromatic carbocycles. The molecule has 0 aliphatic carbocycles. The van der Waals surface area contributed by atoms with Crippen LogP contribution in [-0.4, -0.2) is 70.4 Å². The number of hydrogen-bond donors (Lipinski definition) is 4. The highest BCUT2D eigenvalue weighted by Crippen LogP contribution is 2.42. The van der Waals surface area contributed by atoms with Gasteiger partial charge in [-0.05, 0) is 13.3 Å². The van der Waals surface area contributed by atoms with Crippen LogP contribution in [0.2, 0.25) is 10.0 Å². The largest absolute Gasteiger partial charge is 0.480 e. The Morgan fingerprint density at radius 3 is 1.87 bits per heavy atom. The van der Waals surface area contributed by atoms with Gasteiger partial charge in [0, 0.05) is 60.9 Å². The molecule has 0 unspecified atom stereocenters. The van der Waals surface area contributed by atoms with E-state index >= 15 is 0 Å². The fourth-order valence-corrected chi connectivity index (χ4v) is 5.74. The number of aliphatic hydroxyl groups is 1. The smallest absolute Gasteiger partial charge is 0.237 e. The van der Waals surface area contributed by atoms with Crippen molar-refractivity contribution in [3.63, 3.8) is 0 Å². The summed E-state index contributed by atoms with van der Waals surface area (Å²) in [5.74, 6) is 0.828. The Hall–Kier alpha value is -3.87. The van der Waals surface area contributed by atoms with Crippen LogP contribution in [0.5, 0.6) is 11.8 Å². The lowest BCUT2D eigenvalue weighted by atomic mass is 9.98. The molecule has 1 saturated heterocycles. The van der Waals surface area contributed by atoms with Crippen LogP contribution in [0.1, 0.15) is 31.2 Å². The van der Waals surface area contributed by atoms with Crippen molar-refractivity contribution >= 4 is 29.1 Å². The fourth-order valence-electron chi connectivity index (χ4n) is 5.09. The monoisotopic (exact) mass is 651 g/mol. The van der Waals surface area contributed by atoms with E-state index in [9.17, 15) is 9.90 Å². The van der Waals surface area contributed by atoms with Crippen LogP contribution in [0.25, 0.3) is 33.6 Å². The quantitative estimate of drug-likeness (QED) is 0.164. The molecule has 1 aliphatic heterocycles. The molecular weight excluding hydrogens is 617 g/mol. The first-order valence-electron chi connectivity index (χ1n) is 14.6. The van der Waals surface area contributed by atoms with Crippen LogP contribution in [0.3, 0.4) is 0 Å². The molecule has 2 atom stereocenters. The molecule has 2 aromatic heterocycles. The molecule has 11 nitrogen and oxygen atoms in total. The minimum absolute atomic E-state index is 0.0805. The number of nitrogens with zero attached hydrogens (tertiary/aromatic N) is 4. The Morgan fingerprint density at radius 2 is 1.40 bits per heavy atom. The van der Waals surface area contributed by atoms with Crippen LogP contribution in [0.15, 0.2) is 48.8 Å². The van der Waals surface area contributed by atoms with Crippen LogP contribution in [0.4, 0.5) is 0 Å². The molecule has 0 bridgehead atoms. The zero-order valence-electron chi connectivity index (χ0n) is 25.2. The maximum atomic E-state index is 11.5. The summed E-state index contributed by atoms with van der Waals surface area (Å²) >= 11 is 14.0. The standard InChI is InChI=1S/C32H35Cl2N7O4/c1-18(42)12-35-14-26-31(44-2)40-24(16-37-26)22-8-4-6-20(29(22)33)21-7-5-9-23(30(21)34)25-17-38-27(32(41-25)45-3)15-36-13-19-10-11-28(43)39-19/h4-9,16-19,35-36,42H,10-15H2,1-3H3,(H,39,43)/t18-,19-/m0/s1. The molecule has 0 radical (unpaired) electrons.